The SMILES string of the molecule is C[C@@H]1CC(=O)CC[C@@H]1C(=O)Nc1cc(F)c(N2CCCC2)c(F)c1. The van der Waals surface area contributed by atoms with Crippen molar-refractivity contribution in [1.82, 2.24) is 0 Å². The van der Waals surface area contributed by atoms with Gasteiger partial charge in [0.15, 0.2) is 11.6 Å². The molecule has 1 aromatic rings. The Balaban J connectivity index is 1.73. The van der Waals surface area contributed by atoms with Crippen LogP contribution in [0.3, 0.4) is 0 Å². The summed E-state index contributed by atoms with van der Waals surface area (Å²) in [5.74, 6) is -1.77. The molecule has 24 heavy (non-hydrogen) atoms. The fraction of sp³-hybridized carbons (Fsp3) is 0.556. The largest absolute Gasteiger partial charge is 0.367 e. The van der Waals surface area contributed by atoms with E-state index in [2.05, 4.69) is 5.32 Å². The maximum Gasteiger partial charge on any atom is 0.227 e. The topological polar surface area (TPSA) is 49.4 Å². The first-order chi connectivity index (χ1) is 11.5. The Morgan fingerprint density at radius 1 is 1.21 bits per heavy atom. The third-order valence-electron chi connectivity index (χ3n) is 5.01. The third-order valence-corrected chi connectivity index (χ3v) is 5.01. The lowest BCUT2D eigenvalue weighted by Crippen LogP contribution is -2.33. The lowest BCUT2D eigenvalue weighted by Gasteiger charge is -2.27. The van der Waals surface area contributed by atoms with E-state index in [0.717, 1.165) is 12.8 Å². The van der Waals surface area contributed by atoms with E-state index in [9.17, 15) is 18.4 Å². The summed E-state index contributed by atoms with van der Waals surface area (Å²) in [7, 11) is 0. The zero-order valence-corrected chi connectivity index (χ0v) is 13.8. The first kappa shape index (κ1) is 16.9. The van der Waals surface area contributed by atoms with Crippen LogP contribution in [0.4, 0.5) is 20.2 Å². The number of anilines is 2. The predicted molar refractivity (Wildman–Crippen MR) is 87.9 cm³/mol. The van der Waals surface area contributed by atoms with Crippen molar-refractivity contribution in [3.63, 3.8) is 0 Å². The van der Waals surface area contributed by atoms with Gasteiger partial charge >= 0.3 is 0 Å². The van der Waals surface area contributed by atoms with Crippen molar-refractivity contribution in [2.24, 2.45) is 11.8 Å². The Morgan fingerprint density at radius 2 is 1.83 bits per heavy atom. The van der Waals surface area contributed by atoms with E-state index in [1.807, 2.05) is 6.92 Å². The zero-order chi connectivity index (χ0) is 17.3. The van der Waals surface area contributed by atoms with Gasteiger partial charge in [-0.25, -0.2) is 8.78 Å². The van der Waals surface area contributed by atoms with Crippen LogP contribution in [0.15, 0.2) is 12.1 Å². The van der Waals surface area contributed by atoms with Crippen LogP contribution in [0.5, 0.6) is 0 Å². The highest BCUT2D eigenvalue weighted by molar-refractivity contribution is 5.94. The average Bonchev–Trinajstić information content (AvgIpc) is 3.00. The summed E-state index contributed by atoms with van der Waals surface area (Å²) in [5.41, 5.74) is 0.115. The van der Waals surface area contributed by atoms with Crippen LogP contribution in [0.1, 0.15) is 39.0 Å². The first-order valence-electron chi connectivity index (χ1n) is 8.52. The van der Waals surface area contributed by atoms with Gasteiger partial charge in [0, 0.05) is 37.5 Å². The lowest BCUT2D eigenvalue weighted by molar-refractivity contribution is -0.127. The van der Waals surface area contributed by atoms with Crippen molar-refractivity contribution in [3.05, 3.63) is 23.8 Å². The summed E-state index contributed by atoms with van der Waals surface area (Å²) in [6.07, 6.45) is 3.11. The summed E-state index contributed by atoms with van der Waals surface area (Å²) in [5, 5.41) is 2.61. The number of ketones is 1. The number of nitrogens with one attached hydrogen (secondary N) is 1. The number of Topliss-reactive ketones (excluding diaryl/α,β-unsaturated/α-hetero) is 1. The number of rotatable bonds is 3. The molecule has 1 N–H and O–H groups in total. The van der Waals surface area contributed by atoms with Gasteiger partial charge in [0.25, 0.3) is 0 Å². The van der Waals surface area contributed by atoms with Gasteiger partial charge in [-0.15, -0.1) is 0 Å². The van der Waals surface area contributed by atoms with Crippen molar-refractivity contribution in [3.8, 4) is 0 Å². The molecule has 2 fully saturated rings. The van der Waals surface area contributed by atoms with Crippen molar-refractivity contribution < 1.29 is 18.4 Å². The number of hydrogen-bond acceptors (Lipinski definition) is 3. The number of halogens is 2. The quantitative estimate of drug-likeness (QED) is 0.919. The number of carbonyl (C=O) groups excluding carboxylic acids is 2. The predicted octanol–water partition coefficient (Wildman–Crippen LogP) is 3.51. The molecule has 1 aliphatic carbocycles. The fourth-order valence-electron chi connectivity index (χ4n) is 3.71. The molecule has 0 bridgehead atoms. The van der Waals surface area contributed by atoms with E-state index in [1.54, 1.807) is 4.90 Å². The number of benzene rings is 1. The maximum absolute atomic E-state index is 14.3. The molecule has 6 heteroatoms. The minimum Gasteiger partial charge on any atom is -0.367 e. The minimum atomic E-state index is -0.654. The average molecular weight is 336 g/mol. The normalized spacial score (nSPS) is 24.3. The Morgan fingerprint density at radius 3 is 2.42 bits per heavy atom. The van der Waals surface area contributed by atoms with Gasteiger partial charge in [0.2, 0.25) is 5.91 Å². The Kier molecular flexibility index (Phi) is 4.83. The second-order valence-corrected chi connectivity index (χ2v) is 6.84. The van der Waals surface area contributed by atoms with Crippen LogP contribution in [0, 0.1) is 23.5 Å². The smallest absolute Gasteiger partial charge is 0.227 e. The molecule has 1 aliphatic heterocycles. The maximum atomic E-state index is 14.3. The number of hydrogen-bond donors (Lipinski definition) is 1. The van der Waals surface area contributed by atoms with Gasteiger partial charge in [-0.1, -0.05) is 6.92 Å². The van der Waals surface area contributed by atoms with Crippen molar-refractivity contribution in [1.29, 1.82) is 0 Å². The molecular formula is C18H22F2N2O2. The molecule has 4 nitrogen and oxygen atoms in total. The molecule has 0 spiro atoms. The molecule has 130 valence electrons. The van der Waals surface area contributed by atoms with Crippen molar-refractivity contribution in [2.45, 2.75) is 39.0 Å². The Labute approximate surface area is 140 Å². The third kappa shape index (κ3) is 3.42. The first-order valence-corrected chi connectivity index (χ1v) is 8.52. The summed E-state index contributed by atoms with van der Waals surface area (Å²) < 4.78 is 28.6. The highest BCUT2D eigenvalue weighted by Crippen LogP contribution is 2.32. The minimum absolute atomic E-state index is 0.0119. The summed E-state index contributed by atoms with van der Waals surface area (Å²) in [6, 6.07) is 2.35. The van der Waals surface area contributed by atoms with Gasteiger partial charge < -0.3 is 10.2 Å². The standard InChI is InChI=1S/C18H22F2N2O2/c1-11-8-13(23)4-5-14(11)18(24)21-12-9-15(19)17(16(20)10-12)22-6-2-3-7-22/h9-11,14H,2-8H2,1H3,(H,21,24)/t11-,14+/m1/s1. The van der Waals surface area contributed by atoms with Gasteiger partial charge in [-0.05, 0) is 37.3 Å². The second-order valence-electron chi connectivity index (χ2n) is 6.84. The molecular weight excluding hydrogens is 314 g/mol. The molecule has 1 amide bonds. The Bertz CT molecular complexity index is 633. The van der Waals surface area contributed by atoms with Crippen LogP contribution in [0.2, 0.25) is 0 Å². The summed E-state index contributed by atoms with van der Waals surface area (Å²) in [6.45, 7) is 3.15. The highest BCUT2D eigenvalue weighted by atomic mass is 19.1. The fourth-order valence-corrected chi connectivity index (χ4v) is 3.71. The van der Waals surface area contributed by atoms with Crippen molar-refractivity contribution >= 4 is 23.1 Å². The van der Waals surface area contributed by atoms with Gasteiger partial charge in [0.1, 0.15) is 11.5 Å². The summed E-state index contributed by atoms with van der Waals surface area (Å²) in [4.78, 5) is 25.5. The lowest BCUT2D eigenvalue weighted by atomic mass is 9.79. The number of carbonyl (C=O) groups is 2. The zero-order valence-electron chi connectivity index (χ0n) is 13.8. The van der Waals surface area contributed by atoms with Gasteiger partial charge in [-0.3, -0.25) is 9.59 Å². The van der Waals surface area contributed by atoms with Crippen molar-refractivity contribution in [2.75, 3.05) is 23.3 Å². The van der Waals surface area contributed by atoms with E-state index in [4.69, 9.17) is 0 Å². The van der Waals surface area contributed by atoms with E-state index >= 15 is 0 Å². The molecule has 1 saturated heterocycles. The van der Waals surface area contributed by atoms with E-state index in [0.29, 0.717) is 32.4 Å². The van der Waals surface area contributed by atoms with E-state index in [-0.39, 0.29) is 34.9 Å². The Hall–Kier alpha value is -1.98. The van der Waals surface area contributed by atoms with Crippen LogP contribution < -0.4 is 10.2 Å². The number of nitrogens with zero attached hydrogens (tertiary/aromatic N) is 1. The molecule has 2 atom stereocenters. The summed E-state index contributed by atoms with van der Waals surface area (Å²) >= 11 is 0. The van der Waals surface area contributed by atoms with Crippen LogP contribution in [-0.2, 0) is 9.59 Å². The number of amides is 1. The van der Waals surface area contributed by atoms with E-state index in [1.165, 1.54) is 12.1 Å². The molecule has 0 radical (unpaired) electrons. The molecule has 0 unspecified atom stereocenters. The monoisotopic (exact) mass is 336 g/mol. The van der Waals surface area contributed by atoms with Crippen LogP contribution >= 0.6 is 0 Å². The molecule has 0 aromatic heterocycles. The van der Waals surface area contributed by atoms with Gasteiger partial charge in [0.05, 0.1) is 0 Å². The molecule has 1 heterocycles. The van der Waals surface area contributed by atoms with E-state index < -0.39 is 11.6 Å². The highest BCUT2D eigenvalue weighted by Gasteiger charge is 2.31. The van der Waals surface area contributed by atoms with Crippen LogP contribution in [-0.4, -0.2) is 24.8 Å². The molecule has 1 saturated carbocycles. The molecule has 3 rings (SSSR count). The second kappa shape index (κ2) is 6.87. The van der Waals surface area contributed by atoms with Gasteiger partial charge in [-0.2, -0.15) is 0 Å². The molecule has 1 aromatic carbocycles. The molecule has 2 aliphatic rings. The van der Waals surface area contributed by atoms with Crippen LogP contribution in [0.25, 0.3) is 0 Å².